The van der Waals surface area contributed by atoms with Crippen LogP contribution in [-0.2, 0) is 4.74 Å². The first-order valence-corrected chi connectivity index (χ1v) is 7.18. The zero-order valence-electron chi connectivity index (χ0n) is 11.2. The molecular formula is C16H24O2. The normalized spacial score (nSPS) is 28.2. The van der Waals surface area contributed by atoms with Gasteiger partial charge in [0.1, 0.15) is 0 Å². The van der Waals surface area contributed by atoms with Gasteiger partial charge >= 0.3 is 0 Å². The van der Waals surface area contributed by atoms with Crippen molar-refractivity contribution in [2.24, 2.45) is 0 Å². The van der Waals surface area contributed by atoms with Crippen LogP contribution in [0, 0.1) is 0 Å². The molecule has 1 saturated heterocycles. The van der Waals surface area contributed by atoms with Gasteiger partial charge in [-0.1, -0.05) is 56.5 Å². The summed E-state index contributed by atoms with van der Waals surface area (Å²) < 4.78 is 6.13. The zero-order valence-corrected chi connectivity index (χ0v) is 11.2. The van der Waals surface area contributed by atoms with Crippen molar-refractivity contribution in [1.29, 1.82) is 0 Å². The monoisotopic (exact) mass is 248 g/mol. The Morgan fingerprint density at radius 3 is 2.67 bits per heavy atom. The molecule has 2 rings (SSSR count). The van der Waals surface area contributed by atoms with Gasteiger partial charge in [-0.3, -0.25) is 0 Å². The molecule has 0 spiro atoms. The van der Waals surface area contributed by atoms with Gasteiger partial charge in [-0.15, -0.1) is 0 Å². The molecule has 0 bridgehead atoms. The number of ether oxygens (including phenoxy) is 1. The number of unbranched alkanes of at least 4 members (excludes halogenated alkanes) is 2. The van der Waals surface area contributed by atoms with Gasteiger partial charge in [-0.05, 0) is 18.4 Å². The second kappa shape index (κ2) is 6.91. The van der Waals surface area contributed by atoms with Crippen molar-refractivity contribution in [2.45, 2.75) is 63.8 Å². The summed E-state index contributed by atoms with van der Waals surface area (Å²) in [6, 6.07) is 10.3. The number of hydrogen-bond acceptors (Lipinski definition) is 2. The first-order chi connectivity index (χ1) is 8.79. The Kier molecular flexibility index (Phi) is 5.21. The average Bonchev–Trinajstić information content (AvgIpc) is 2.39. The van der Waals surface area contributed by atoms with Crippen molar-refractivity contribution < 1.29 is 9.84 Å². The fraction of sp³-hybridized carbons (Fsp3) is 0.625. The molecule has 2 nitrogen and oxygen atoms in total. The molecule has 3 atom stereocenters. The lowest BCUT2D eigenvalue weighted by Gasteiger charge is -2.33. The van der Waals surface area contributed by atoms with Crippen LogP contribution in [0.3, 0.4) is 0 Å². The minimum absolute atomic E-state index is 0.0709. The van der Waals surface area contributed by atoms with Crippen molar-refractivity contribution in [3.05, 3.63) is 35.9 Å². The van der Waals surface area contributed by atoms with Crippen LogP contribution < -0.4 is 0 Å². The third kappa shape index (κ3) is 3.82. The van der Waals surface area contributed by atoms with Crippen molar-refractivity contribution >= 4 is 0 Å². The zero-order chi connectivity index (χ0) is 12.8. The summed E-state index contributed by atoms with van der Waals surface area (Å²) in [7, 11) is 0. The Balaban J connectivity index is 1.92. The van der Waals surface area contributed by atoms with Gasteiger partial charge in [-0.2, -0.15) is 0 Å². The maximum atomic E-state index is 9.99. The van der Waals surface area contributed by atoms with Gasteiger partial charge in [0.2, 0.25) is 0 Å². The van der Waals surface area contributed by atoms with Crippen LogP contribution in [0.1, 0.15) is 57.1 Å². The van der Waals surface area contributed by atoms with Crippen LogP contribution >= 0.6 is 0 Å². The van der Waals surface area contributed by atoms with E-state index in [9.17, 15) is 5.11 Å². The van der Waals surface area contributed by atoms with E-state index in [1.807, 2.05) is 18.2 Å². The number of rotatable bonds is 5. The van der Waals surface area contributed by atoms with Gasteiger partial charge in [0, 0.05) is 6.42 Å². The first-order valence-electron chi connectivity index (χ1n) is 7.18. The molecule has 1 aromatic rings. The summed E-state index contributed by atoms with van der Waals surface area (Å²) >= 11 is 0. The molecule has 1 fully saturated rings. The Morgan fingerprint density at radius 1 is 1.17 bits per heavy atom. The van der Waals surface area contributed by atoms with Gasteiger partial charge in [0.05, 0.1) is 18.3 Å². The molecule has 0 radical (unpaired) electrons. The lowest BCUT2D eigenvalue weighted by Crippen LogP contribution is -2.31. The average molecular weight is 248 g/mol. The molecule has 1 aliphatic heterocycles. The molecule has 0 aliphatic carbocycles. The van der Waals surface area contributed by atoms with E-state index in [1.165, 1.54) is 24.8 Å². The molecule has 100 valence electrons. The largest absolute Gasteiger partial charge is 0.393 e. The van der Waals surface area contributed by atoms with Crippen molar-refractivity contribution in [3.8, 4) is 0 Å². The fourth-order valence-corrected chi connectivity index (χ4v) is 2.68. The van der Waals surface area contributed by atoms with Gasteiger partial charge in [0.15, 0.2) is 0 Å². The molecule has 1 heterocycles. The molecule has 0 amide bonds. The fourth-order valence-electron chi connectivity index (χ4n) is 2.68. The SMILES string of the molecule is CCCCC[C@H]1C[C@@H](O)C[C@@H](c2ccccc2)O1. The highest BCUT2D eigenvalue weighted by Gasteiger charge is 2.28. The summed E-state index contributed by atoms with van der Waals surface area (Å²) in [6.45, 7) is 2.21. The first kappa shape index (κ1) is 13.6. The van der Waals surface area contributed by atoms with Crippen molar-refractivity contribution in [1.82, 2.24) is 0 Å². The van der Waals surface area contributed by atoms with E-state index < -0.39 is 0 Å². The van der Waals surface area contributed by atoms with E-state index in [0.29, 0.717) is 0 Å². The van der Waals surface area contributed by atoms with Crippen LogP contribution in [0.4, 0.5) is 0 Å². The molecule has 1 aromatic carbocycles. The van der Waals surface area contributed by atoms with Gasteiger partial charge in [0.25, 0.3) is 0 Å². The van der Waals surface area contributed by atoms with Crippen LogP contribution in [0.2, 0.25) is 0 Å². The molecule has 1 aliphatic rings. The van der Waals surface area contributed by atoms with Crippen LogP contribution in [0.25, 0.3) is 0 Å². The lowest BCUT2D eigenvalue weighted by atomic mass is 9.94. The summed E-state index contributed by atoms with van der Waals surface area (Å²) in [5, 5.41) is 9.99. The minimum Gasteiger partial charge on any atom is -0.393 e. The predicted octanol–water partition coefficient (Wildman–Crippen LogP) is 3.85. The molecule has 0 aromatic heterocycles. The second-order valence-corrected chi connectivity index (χ2v) is 5.28. The van der Waals surface area contributed by atoms with E-state index in [1.54, 1.807) is 0 Å². The maximum absolute atomic E-state index is 9.99. The van der Waals surface area contributed by atoms with Gasteiger partial charge in [-0.25, -0.2) is 0 Å². The van der Waals surface area contributed by atoms with Crippen LogP contribution in [0.15, 0.2) is 30.3 Å². The molecule has 1 N–H and O–H groups in total. The number of aliphatic hydroxyl groups is 1. The summed E-state index contributed by atoms with van der Waals surface area (Å²) in [6.07, 6.45) is 6.39. The molecule has 0 unspecified atom stereocenters. The minimum atomic E-state index is -0.212. The molecular weight excluding hydrogens is 224 g/mol. The highest BCUT2D eigenvalue weighted by Crippen LogP contribution is 2.33. The number of hydrogen-bond donors (Lipinski definition) is 1. The number of benzene rings is 1. The van der Waals surface area contributed by atoms with E-state index >= 15 is 0 Å². The Hall–Kier alpha value is -0.860. The van der Waals surface area contributed by atoms with E-state index in [2.05, 4.69) is 19.1 Å². The van der Waals surface area contributed by atoms with Crippen molar-refractivity contribution in [2.75, 3.05) is 0 Å². The highest BCUT2D eigenvalue weighted by molar-refractivity contribution is 5.18. The third-order valence-electron chi connectivity index (χ3n) is 3.68. The van der Waals surface area contributed by atoms with E-state index in [-0.39, 0.29) is 18.3 Å². The van der Waals surface area contributed by atoms with Crippen molar-refractivity contribution in [3.63, 3.8) is 0 Å². The van der Waals surface area contributed by atoms with Crippen LogP contribution in [-0.4, -0.2) is 17.3 Å². The molecule has 0 saturated carbocycles. The summed E-state index contributed by atoms with van der Waals surface area (Å²) in [5.74, 6) is 0. The molecule has 18 heavy (non-hydrogen) atoms. The highest BCUT2D eigenvalue weighted by atomic mass is 16.5. The Morgan fingerprint density at radius 2 is 1.94 bits per heavy atom. The summed E-state index contributed by atoms with van der Waals surface area (Å²) in [4.78, 5) is 0. The standard InChI is InChI=1S/C16H24O2/c1-2-3-5-10-15-11-14(17)12-16(18-15)13-8-6-4-7-9-13/h4,6-9,14-17H,2-3,5,10-12H2,1H3/t14-,15+,16+/m1/s1. The summed E-state index contributed by atoms with van der Waals surface area (Å²) in [5.41, 5.74) is 1.19. The van der Waals surface area contributed by atoms with Gasteiger partial charge < -0.3 is 9.84 Å². The lowest BCUT2D eigenvalue weighted by molar-refractivity contribution is -0.101. The topological polar surface area (TPSA) is 29.5 Å². The third-order valence-corrected chi connectivity index (χ3v) is 3.68. The van der Waals surface area contributed by atoms with E-state index in [0.717, 1.165) is 19.3 Å². The Labute approximate surface area is 110 Å². The second-order valence-electron chi connectivity index (χ2n) is 5.28. The predicted molar refractivity (Wildman–Crippen MR) is 73.4 cm³/mol. The quantitative estimate of drug-likeness (QED) is 0.802. The Bertz CT molecular complexity index is 336. The van der Waals surface area contributed by atoms with E-state index in [4.69, 9.17) is 4.74 Å². The maximum Gasteiger partial charge on any atom is 0.0853 e. The number of aliphatic hydroxyl groups excluding tert-OH is 1. The molecule has 2 heteroatoms. The van der Waals surface area contributed by atoms with Crippen LogP contribution in [0.5, 0.6) is 0 Å². The smallest absolute Gasteiger partial charge is 0.0853 e.